The Kier molecular flexibility index (Phi) is 5.06. The van der Waals surface area contributed by atoms with Gasteiger partial charge in [-0.3, -0.25) is 10.1 Å². The van der Waals surface area contributed by atoms with Crippen LogP contribution in [0.4, 0.5) is 5.69 Å². The summed E-state index contributed by atoms with van der Waals surface area (Å²) in [7, 11) is 3.99. The Morgan fingerprint density at radius 2 is 2.06 bits per heavy atom. The van der Waals surface area contributed by atoms with E-state index >= 15 is 0 Å². The number of hydrogen-bond acceptors (Lipinski definition) is 4. The SMILES string of the molecule is CC(NCCN(C)C)c1ccccc1[N+](=O)[O-]. The van der Waals surface area contributed by atoms with Crippen molar-refractivity contribution in [2.45, 2.75) is 13.0 Å². The van der Waals surface area contributed by atoms with E-state index in [2.05, 4.69) is 10.2 Å². The minimum absolute atomic E-state index is 0.0171. The summed E-state index contributed by atoms with van der Waals surface area (Å²) in [6.45, 7) is 3.66. The summed E-state index contributed by atoms with van der Waals surface area (Å²) < 4.78 is 0. The molecule has 1 rings (SSSR count). The van der Waals surface area contributed by atoms with Crippen LogP contribution < -0.4 is 5.32 Å². The van der Waals surface area contributed by atoms with Gasteiger partial charge < -0.3 is 10.2 Å². The Balaban J connectivity index is 2.68. The summed E-state index contributed by atoms with van der Waals surface area (Å²) in [6, 6.07) is 6.84. The topological polar surface area (TPSA) is 58.4 Å². The van der Waals surface area contributed by atoms with E-state index in [1.807, 2.05) is 27.1 Å². The minimum Gasteiger partial charge on any atom is -0.309 e. The first-order valence-electron chi connectivity index (χ1n) is 5.64. The fourth-order valence-electron chi connectivity index (χ4n) is 1.63. The zero-order chi connectivity index (χ0) is 12.8. The molecule has 0 aliphatic heterocycles. The molecular weight excluding hydrogens is 218 g/mol. The predicted molar refractivity (Wildman–Crippen MR) is 68.1 cm³/mol. The van der Waals surface area contributed by atoms with Crippen LogP contribution in [0.1, 0.15) is 18.5 Å². The van der Waals surface area contributed by atoms with Gasteiger partial charge in [0.15, 0.2) is 0 Å². The molecule has 0 bridgehead atoms. The van der Waals surface area contributed by atoms with E-state index in [-0.39, 0.29) is 16.7 Å². The van der Waals surface area contributed by atoms with Crippen LogP contribution in [-0.4, -0.2) is 37.0 Å². The molecule has 17 heavy (non-hydrogen) atoms. The normalized spacial score (nSPS) is 12.7. The van der Waals surface area contributed by atoms with Crippen molar-refractivity contribution in [3.05, 3.63) is 39.9 Å². The van der Waals surface area contributed by atoms with Gasteiger partial charge in [-0.15, -0.1) is 0 Å². The van der Waals surface area contributed by atoms with Gasteiger partial charge in [0.05, 0.1) is 4.92 Å². The molecule has 0 heterocycles. The molecule has 0 radical (unpaired) electrons. The van der Waals surface area contributed by atoms with Crippen molar-refractivity contribution in [1.82, 2.24) is 10.2 Å². The van der Waals surface area contributed by atoms with Crippen molar-refractivity contribution in [3.8, 4) is 0 Å². The monoisotopic (exact) mass is 237 g/mol. The second-order valence-electron chi connectivity index (χ2n) is 4.30. The molecule has 5 heteroatoms. The Bertz CT molecular complexity index is 380. The van der Waals surface area contributed by atoms with Crippen molar-refractivity contribution in [2.24, 2.45) is 0 Å². The van der Waals surface area contributed by atoms with E-state index in [0.717, 1.165) is 18.7 Å². The van der Waals surface area contributed by atoms with Crippen LogP contribution in [0, 0.1) is 10.1 Å². The molecule has 0 spiro atoms. The highest BCUT2D eigenvalue weighted by Crippen LogP contribution is 2.23. The van der Waals surface area contributed by atoms with E-state index in [0.29, 0.717) is 0 Å². The molecule has 1 aromatic carbocycles. The van der Waals surface area contributed by atoms with Crippen molar-refractivity contribution >= 4 is 5.69 Å². The minimum atomic E-state index is -0.334. The number of para-hydroxylation sites is 1. The Morgan fingerprint density at radius 3 is 2.65 bits per heavy atom. The summed E-state index contributed by atoms with van der Waals surface area (Å²) >= 11 is 0. The lowest BCUT2D eigenvalue weighted by Crippen LogP contribution is -2.28. The Hall–Kier alpha value is -1.46. The lowest BCUT2D eigenvalue weighted by Gasteiger charge is -2.16. The fourth-order valence-corrected chi connectivity index (χ4v) is 1.63. The standard InChI is InChI=1S/C12H19N3O2/c1-10(13-8-9-14(2)3)11-6-4-5-7-12(11)15(16)17/h4-7,10,13H,8-9H2,1-3H3. The maximum atomic E-state index is 10.9. The molecule has 0 saturated carbocycles. The van der Waals surface area contributed by atoms with E-state index < -0.39 is 0 Å². The molecule has 1 atom stereocenters. The average Bonchev–Trinajstić information content (AvgIpc) is 2.28. The van der Waals surface area contributed by atoms with Gasteiger partial charge in [0, 0.05) is 30.8 Å². The van der Waals surface area contributed by atoms with Crippen LogP contribution in [0.2, 0.25) is 0 Å². The zero-order valence-electron chi connectivity index (χ0n) is 10.5. The lowest BCUT2D eigenvalue weighted by atomic mass is 10.1. The molecule has 94 valence electrons. The van der Waals surface area contributed by atoms with E-state index in [4.69, 9.17) is 0 Å². The van der Waals surface area contributed by atoms with Gasteiger partial charge in [-0.25, -0.2) is 0 Å². The third-order valence-corrected chi connectivity index (χ3v) is 2.61. The second-order valence-corrected chi connectivity index (χ2v) is 4.30. The van der Waals surface area contributed by atoms with Gasteiger partial charge in [0.2, 0.25) is 0 Å². The first-order valence-corrected chi connectivity index (χ1v) is 5.64. The van der Waals surface area contributed by atoms with Gasteiger partial charge in [-0.05, 0) is 21.0 Å². The number of nitrogens with zero attached hydrogens (tertiary/aromatic N) is 2. The van der Waals surface area contributed by atoms with Crippen LogP contribution in [0.3, 0.4) is 0 Å². The number of benzene rings is 1. The third kappa shape index (κ3) is 4.13. The van der Waals surface area contributed by atoms with Gasteiger partial charge >= 0.3 is 0 Å². The largest absolute Gasteiger partial charge is 0.309 e. The van der Waals surface area contributed by atoms with Gasteiger partial charge in [0.1, 0.15) is 0 Å². The summed E-state index contributed by atoms with van der Waals surface area (Å²) in [5, 5.41) is 14.2. The maximum absolute atomic E-state index is 10.9. The van der Waals surface area contributed by atoms with Crippen LogP contribution in [0.15, 0.2) is 24.3 Å². The molecule has 5 nitrogen and oxygen atoms in total. The van der Waals surface area contributed by atoms with Gasteiger partial charge in [0.25, 0.3) is 5.69 Å². The van der Waals surface area contributed by atoms with E-state index in [1.165, 1.54) is 0 Å². The van der Waals surface area contributed by atoms with Crippen LogP contribution >= 0.6 is 0 Å². The second kappa shape index (κ2) is 6.32. The number of nitro benzene ring substituents is 1. The summed E-state index contributed by atoms with van der Waals surface area (Å²) in [5.74, 6) is 0. The number of nitro groups is 1. The molecular formula is C12H19N3O2. The smallest absolute Gasteiger partial charge is 0.274 e. The highest BCUT2D eigenvalue weighted by Gasteiger charge is 2.17. The molecule has 0 aromatic heterocycles. The quantitative estimate of drug-likeness (QED) is 0.605. The Morgan fingerprint density at radius 1 is 1.41 bits per heavy atom. The van der Waals surface area contributed by atoms with Gasteiger partial charge in [-0.1, -0.05) is 18.2 Å². The number of likely N-dealkylation sites (N-methyl/N-ethyl adjacent to an activating group) is 1. The summed E-state index contributed by atoms with van der Waals surface area (Å²) in [5.41, 5.74) is 0.911. The van der Waals surface area contributed by atoms with Crippen molar-refractivity contribution < 1.29 is 4.92 Å². The van der Waals surface area contributed by atoms with Crippen LogP contribution in [0.25, 0.3) is 0 Å². The molecule has 1 N–H and O–H groups in total. The van der Waals surface area contributed by atoms with E-state index in [9.17, 15) is 10.1 Å². The third-order valence-electron chi connectivity index (χ3n) is 2.61. The fraction of sp³-hybridized carbons (Fsp3) is 0.500. The van der Waals surface area contributed by atoms with Gasteiger partial charge in [-0.2, -0.15) is 0 Å². The Labute approximate surface area is 102 Å². The maximum Gasteiger partial charge on any atom is 0.274 e. The first kappa shape index (κ1) is 13.6. The molecule has 1 aromatic rings. The summed E-state index contributed by atoms with van der Waals surface area (Å²) in [4.78, 5) is 12.6. The predicted octanol–water partition coefficient (Wildman–Crippen LogP) is 1.81. The highest BCUT2D eigenvalue weighted by atomic mass is 16.6. The molecule has 0 amide bonds. The van der Waals surface area contributed by atoms with Crippen LogP contribution in [0.5, 0.6) is 0 Å². The number of hydrogen-bond donors (Lipinski definition) is 1. The number of rotatable bonds is 6. The van der Waals surface area contributed by atoms with Crippen LogP contribution in [-0.2, 0) is 0 Å². The molecule has 0 aliphatic rings. The van der Waals surface area contributed by atoms with Crippen molar-refractivity contribution in [2.75, 3.05) is 27.2 Å². The molecule has 1 unspecified atom stereocenters. The van der Waals surface area contributed by atoms with Crippen molar-refractivity contribution in [1.29, 1.82) is 0 Å². The number of nitrogens with one attached hydrogen (secondary N) is 1. The molecule has 0 aliphatic carbocycles. The summed E-state index contributed by atoms with van der Waals surface area (Å²) in [6.07, 6.45) is 0. The zero-order valence-corrected chi connectivity index (χ0v) is 10.5. The highest BCUT2D eigenvalue weighted by molar-refractivity contribution is 5.41. The molecule has 0 fully saturated rings. The first-order chi connectivity index (χ1) is 8.02. The van der Waals surface area contributed by atoms with Crippen molar-refractivity contribution in [3.63, 3.8) is 0 Å². The molecule has 0 saturated heterocycles. The van der Waals surface area contributed by atoms with E-state index in [1.54, 1.807) is 18.2 Å². The lowest BCUT2D eigenvalue weighted by molar-refractivity contribution is -0.385. The average molecular weight is 237 g/mol.